The standard InChI is InChI=1S/C12H12F2N4O2/c1-3-15-10-8(13)4-7(5-9(10)14)11(19)17-12-16-6(2)18-20-12/h4-5,15H,3H2,1-2H3,(H,16,17,18,19). The monoisotopic (exact) mass is 282 g/mol. The predicted octanol–water partition coefficient (Wildman–Crippen LogP) is 2.34. The van der Waals surface area contributed by atoms with Crippen LogP contribution in [-0.2, 0) is 0 Å². The van der Waals surface area contributed by atoms with Crippen LogP contribution in [-0.4, -0.2) is 22.6 Å². The minimum Gasteiger partial charge on any atom is -0.381 e. The molecular formula is C12H12F2N4O2. The van der Waals surface area contributed by atoms with Gasteiger partial charge in [0, 0.05) is 12.1 Å². The largest absolute Gasteiger partial charge is 0.381 e. The van der Waals surface area contributed by atoms with Gasteiger partial charge in [0.05, 0.1) is 0 Å². The van der Waals surface area contributed by atoms with Crippen molar-refractivity contribution in [2.24, 2.45) is 0 Å². The molecule has 0 aliphatic heterocycles. The van der Waals surface area contributed by atoms with E-state index < -0.39 is 17.5 Å². The number of anilines is 2. The number of carbonyl (C=O) groups excluding carboxylic acids is 1. The van der Waals surface area contributed by atoms with Gasteiger partial charge in [0.1, 0.15) is 17.3 Å². The third-order valence-electron chi connectivity index (χ3n) is 2.41. The number of carbonyl (C=O) groups is 1. The number of aryl methyl sites for hydroxylation is 1. The maximum atomic E-state index is 13.7. The Morgan fingerprint density at radius 2 is 2.00 bits per heavy atom. The van der Waals surface area contributed by atoms with Gasteiger partial charge in [-0.05, 0) is 26.0 Å². The van der Waals surface area contributed by atoms with Crippen LogP contribution in [0.4, 0.5) is 20.5 Å². The second kappa shape index (κ2) is 5.64. The first-order valence-corrected chi connectivity index (χ1v) is 5.85. The number of aromatic nitrogens is 2. The van der Waals surface area contributed by atoms with E-state index in [0.717, 1.165) is 12.1 Å². The minimum absolute atomic E-state index is 0.135. The van der Waals surface area contributed by atoms with Crippen LogP contribution in [0.3, 0.4) is 0 Å². The first-order valence-electron chi connectivity index (χ1n) is 5.85. The summed E-state index contributed by atoms with van der Waals surface area (Å²) in [4.78, 5) is 15.6. The number of hydrogen-bond acceptors (Lipinski definition) is 5. The van der Waals surface area contributed by atoms with Crippen LogP contribution in [0, 0.1) is 18.6 Å². The molecule has 8 heteroatoms. The first kappa shape index (κ1) is 13.9. The molecule has 0 bridgehead atoms. The molecule has 20 heavy (non-hydrogen) atoms. The Hall–Kier alpha value is -2.51. The van der Waals surface area contributed by atoms with Gasteiger partial charge in [0.15, 0.2) is 5.82 Å². The van der Waals surface area contributed by atoms with Crippen molar-refractivity contribution in [3.8, 4) is 0 Å². The average molecular weight is 282 g/mol. The van der Waals surface area contributed by atoms with Crippen molar-refractivity contribution in [2.75, 3.05) is 17.2 Å². The van der Waals surface area contributed by atoms with Gasteiger partial charge in [-0.1, -0.05) is 5.16 Å². The van der Waals surface area contributed by atoms with Gasteiger partial charge in [-0.25, -0.2) is 8.78 Å². The van der Waals surface area contributed by atoms with Gasteiger partial charge in [-0.2, -0.15) is 4.98 Å². The fourth-order valence-electron chi connectivity index (χ4n) is 1.57. The maximum absolute atomic E-state index is 13.7. The summed E-state index contributed by atoms with van der Waals surface area (Å²) in [6, 6.07) is 1.73. The number of nitrogens with zero attached hydrogens (tertiary/aromatic N) is 2. The third-order valence-corrected chi connectivity index (χ3v) is 2.41. The van der Waals surface area contributed by atoms with Gasteiger partial charge in [-0.15, -0.1) is 0 Å². The zero-order chi connectivity index (χ0) is 14.7. The fourth-order valence-corrected chi connectivity index (χ4v) is 1.57. The summed E-state index contributed by atoms with van der Waals surface area (Å²) in [7, 11) is 0. The molecule has 0 saturated heterocycles. The molecule has 106 valence electrons. The number of amides is 1. The quantitative estimate of drug-likeness (QED) is 0.899. The molecule has 2 aromatic rings. The van der Waals surface area contributed by atoms with Gasteiger partial charge in [0.25, 0.3) is 5.91 Å². The summed E-state index contributed by atoms with van der Waals surface area (Å²) in [6.45, 7) is 3.64. The number of hydrogen-bond donors (Lipinski definition) is 2. The molecule has 1 amide bonds. The van der Waals surface area contributed by atoms with Crippen LogP contribution in [0.1, 0.15) is 23.1 Å². The molecule has 6 nitrogen and oxygen atoms in total. The zero-order valence-corrected chi connectivity index (χ0v) is 10.8. The Balaban J connectivity index is 2.22. The van der Waals surface area contributed by atoms with E-state index in [4.69, 9.17) is 0 Å². The highest BCUT2D eigenvalue weighted by atomic mass is 19.1. The number of halogens is 2. The van der Waals surface area contributed by atoms with Crippen molar-refractivity contribution >= 4 is 17.6 Å². The minimum atomic E-state index is -0.848. The van der Waals surface area contributed by atoms with E-state index in [0.29, 0.717) is 12.4 Å². The molecule has 0 atom stereocenters. The van der Waals surface area contributed by atoms with E-state index in [9.17, 15) is 13.6 Å². The molecule has 1 aromatic heterocycles. The highest BCUT2D eigenvalue weighted by Crippen LogP contribution is 2.21. The Bertz CT molecular complexity index is 619. The van der Waals surface area contributed by atoms with Crippen LogP contribution >= 0.6 is 0 Å². The van der Waals surface area contributed by atoms with E-state index in [1.807, 2.05) is 0 Å². The van der Waals surface area contributed by atoms with E-state index in [1.165, 1.54) is 0 Å². The lowest BCUT2D eigenvalue weighted by Crippen LogP contribution is -2.14. The smallest absolute Gasteiger partial charge is 0.328 e. The first-order chi connectivity index (χ1) is 9.51. The predicted molar refractivity (Wildman–Crippen MR) is 67.5 cm³/mol. The maximum Gasteiger partial charge on any atom is 0.328 e. The topological polar surface area (TPSA) is 80.0 Å². The number of rotatable bonds is 4. The van der Waals surface area contributed by atoms with Crippen molar-refractivity contribution in [1.29, 1.82) is 0 Å². The Kier molecular flexibility index (Phi) is 3.92. The second-order valence-electron chi connectivity index (χ2n) is 3.95. The molecule has 1 heterocycles. The molecule has 0 aliphatic carbocycles. The molecule has 1 aromatic carbocycles. The van der Waals surface area contributed by atoms with Gasteiger partial charge < -0.3 is 9.84 Å². The van der Waals surface area contributed by atoms with Crippen LogP contribution in [0.2, 0.25) is 0 Å². The summed E-state index contributed by atoms with van der Waals surface area (Å²) in [5.74, 6) is -2.10. The second-order valence-corrected chi connectivity index (χ2v) is 3.95. The molecular weight excluding hydrogens is 270 g/mol. The SMILES string of the molecule is CCNc1c(F)cc(C(=O)Nc2nc(C)no2)cc1F. The van der Waals surface area contributed by atoms with E-state index in [-0.39, 0.29) is 17.3 Å². The third kappa shape index (κ3) is 2.90. The van der Waals surface area contributed by atoms with Crippen molar-refractivity contribution in [3.05, 3.63) is 35.2 Å². The van der Waals surface area contributed by atoms with E-state index in [1.54, 1.807) is 13.8 Å². The van der Waals surface area contributed by atoms with Crippen LogP contribution < -0.4 is 10.6 Å². The van der Waals surface area contributed by atoms with Gasteiger partial charge in [-0.3, -0.25) is 10.1 Å². The highest BCUT2D eigenvalue weighted by Gasteiger charge is 2.16. The number of benzene rings is 1. The number of nitrogens with one attached hydrogen (secondary N) is 2. The van der Waals surface area contributed by atoms with Crippen molar-refractivity contribution in [3.63, 3.8) is 0 Å². The molecule has 0 radical (unpaired) electrons. The normalized spacial score (nSPS) is 10.4. The van der Waals surface area contributed by atoms with Crippen molar-refractivity contribution in [2.45, 2.75) is 13.8 Å². The van der Waals surface area contributed by atoms with Crippen LogP contribution in [0.5, 0.6) is 0 Å². The molecule has 0 unspecified atom stereocenters. The molecule has 0 fully saturated rings. The summed E-state index contributed by atoms with van der Waals surface area (Å²) in [6.07, 6.45) is 0. The zero-order valence-electron chi connectivity index (χ0n) is 10.8. The summed E-state index contributed by atoms with van der Waals surface area (Å²) in [5.41, 5.74) is -0.449. The van der Waals surface area contributed by atoms with Crippen molar-refractivity contribution < 1.29 is 18.1 Å². The molecule has 0 spiro atoms. The van der Waals surface area contributed by atoms with Gasteiger partial charge in [0.2, 0.25) is 0 Å². The Morgan fingerprint density at radius 3 is 2.50 bits per heavy atom. The molecule has 2 rings (SSSR count). The van der Waals surface area contributed by atoms with Crippen LogP contribution in [0.15, 0.2) is 16.7 Å². The average Bonchev–Trinajstić information content (AvgIpc) is 2.79. The summed E-state index contributed by atoms with van der Waals surface area (Å²) in [5, 5.41) is 8.27. The fraction of sp³-hybridized carbons (Fsp3) is 0.250. The molecule has 0 saturated carbocycles. The summed E-state index contributed by atoms with van der Waals surface area (Å²) < 4.78 is 32.0. The van der Waals surface area contributed by atoms with Crippen molar-refractivity contribution in [1.82, 2.24) is 10.1 Å². The summed E-state index contributed by atoms with van der Waals surface area (Å²) >= 11 is 0. The Morgan fingerprint density at radius 1 is 1.35 bits per heavy atom. The van der Waals surface area contributed by atoms with Crippen LogP contribution in [0.25, 0.3) is 0 Å². The lowest BCUT2D eigenvalue weighted by molar-refractivity contribution is 0.102. The molecule has 2 N–H and O–H groups in total. The lowest BCUT2D eigenvalue weighted by atomic mass is 10.1. The van der Waals surface area contributed by atoms with Gasteiger partial charge >= 0.3 is 6.01 Å². The lowest BCUT2D eigenvalue weighted by Gasteiger charge is -2.08. The highest BCUT2D eigenvalue weighted by molar-refractivity contribution is 6.03. The van der Waals surface area contributed by atoms with E-state index >= 15 is 0 Å². The Labute approximate surface area is 113 Å². The molecule has 0 aliphatic rings. The van der Waals surface area contributed by atoms with E-state index in [2.05, 4.69) is 25.3 Å².